The number of aryl methyl sites for hydroxylation is 1. The first-order valence-corrected chi connectivity index (χ1v) is 4.10. The summed E-state index contributed by atoms with van der Waals surface area (Å²) in [5.74, 6) is 0.519. The Morgan fingerprint density at radius 2 is 2.29 bits per heavy atom. The Kier molecular flexibility index (Phi) is 1.99. The maximum absolute atomic E-state index is 8.88. The number of hydrogen-bond donors (Lipinski definition) is 0. The number of hydrogen-bond acceptors (Lipinski definition) is 4. The summed E-state index contributed by atoms with van der Waals surface area (Å²) in [7, 11) is 0. The van der Waals surface area contributed by atoms with Gasteiger partial charge in [0.2, 0.25) is 0 Å². The van der Waals surface area contributed by atoms with E-state index in [9.17, 15) is 0 Å². The maximum atomic E-state index is 8.88. The van der Waals surface area contributed by atoms with Crippen molar-refractivity contribution < 1.29 is 4.52 Å². The number of aromatic nitrogens is 2. The van der Waals surface area contributed by atoms with Gasteiger partial charge in [0.15, 0.2) is 5.76 Å². The Balaban J connectivity index is 2.63. The van der Waals surface area contributed by atoms with Crippen LogP contribution in [0.1, 0.15) is 11.1 Å². The minimum atomic E-state index is 0.519. The first-order valence-electron chi connectivity index (χ1n) is 4.10. The van der Waals surface area contributed by atoms with Gasteiger partial charge in [-0.3, -0.25) is 0 Å². The lowest BCUT2D eigenvalue weighted by Crippen LogP contribution is -1.83. The van der Waals surface area contributed by atoms with Crippen LogP contribution >= 0.6 is 0 Å². The first kappa shape index (κ1) is 8.45. The lowest BCUT2D eigenvalue weighted by Gasteiger charge is -1.99. The van der Waals surface area contributed by atoms with Gasteiger partial charge < -0.3 is 4.52 Å². The van der Waals surface area contributed by atoms with Gasteiger partial charge in [-0.25, -0.2) is 0 Å². The van der Waals surface area contributed by atoms with Crippen molar-refractivity contribution in [2.45, 2.75) is 6.92 Å². The molecule has 0 N–H and O–H groups in total. The molecule has 4 heteroatoms. The highest BCUT2D eigenvalue weighted by Crippen LogP contribution is 2.23. The average molecular weight is 185 g/mol. The van der Waals surface area contributed by atoms with Crippen LogP contribution in [0.2, 0.25) is 0 Å². The van der Waals surface area contributed by atoms with Gasteiger partial charge >= 0.3 is 0 Å². The fourth-order valence-electron chi connectivity index (χ4n) is 1.25. The molecule has 0 spiro atoms. The Bertz CT molecular complexity index is 483. The zero-order valence-corrected chi connectivity index (χ0v) is 7.56. The molecular weight excluding hydrogens is 178 g/mol. The highest BCUT2D eigenvalue weighted by molar-refractivity contribution is 5.65. The predicted molar refractivity (Wildman–Crippen MR) is 49.2 cm³/mol. The lowest BCUT2D eigenvalue weighted by atomic mass is 10.0. The Labute approximate surface area is 80.8 Å². The van der Waals surface area contributed by atoms with Crippen molar-refractivity contribution in [2.75, 3.05) is 0 Å². The summed E-state index contributed by atoms with van der Waals surface area (Å²) < 4.78 is 4.90. The standard InChI is InChI=1S/C10H7N3O/c1-7-2-3-8(5-11)9(4-7)10-6-12-13-14-10/h2-4,6H,1H3. The third kappa shape index (κ3) is 1.36. The van der Waals surface area contributed by atoms with Gasteiger partial charge in [-0.2, -0.15) is 5.26 Å². The summed E-state index contributed by atoms with van der Waals surface area (Å²) in [6, 6.07) is 7.61. The molecule has 2 aromatic rings. The monoisotopic (exact) mass is 185 g/mol. The molecule has 2 rings (SSSR count). The van der Waals surface area contributed by atoms with Crippen LogP contribution in [0.4, 0.5) is 0 Å². The number of nitrogens with zero attached hydrogens (tertiary/aromatic N) is 3. The van der Waals surface area contributed by atoms with Gasteiger partial charge in [0, 0.05) is 10.8 Å². The van der Waals surface area contributed by atoms with E-state index in [2.05, 4.69) is 16.4 Å². The summed E-state index contributed by atoms with van der Waals surface area (Å²) >= 11 is 0. The SMILES string of the molecule is Cc1ccc(C#N)c(-c2cnno2)c1. The van der Waals surface area contributed by atoms with E-state index >= 15 is 0 Å². The van der Waals surface area contributed by atoms with Gasteiger partial charge in [0.1, 0.15) is 0 Å². The van der Waals surface area contributed by atoms with E-state index < -0.39 is 0 Å². The molecule has 0 aliphatic rings. The minimum absolute atomic E-state index is 0.519. The molecule has 0 saturated carbocycles. The van der Waals surface area contributed by atoms with Crippen LogP contribution in [0, 0.1) is 18.3 Å². The molecule has 0 aliphatic carbocycles. The molecule has 0 unspecified atom stereocenters. The van der Waals surface area contributed by atoms with Gasteiger partial charge in [-0.1, -0.05) is 11.6 Å². The molecule has 0 fully saturated rings. The molecule has 68 valence electrons. The Hall–Kier alpha value is -2.15. The molecule has 0 aliphatic heterocycles. The molecular formula is C10H7N3O. The van der Waals surface area contributed by atoms with E-state index in [1.807, 2.05) is 19.1 Å². The summed E-state index contributed by atoms with van der Waals surface area (Å²) in [6.07, 6.45) is 1.50. The van der Waals surface area contributed by atoms with Crippen molar-refractivity contribution in [3.63, 3.8) is 0 Å². The van der Waals surface area contributed by atoms with Crippen LogP contribution < -0.4 is 0 Å². The van der Waals surface area contributed by atoms with Crippen LogP contribution in [0.3, 0.4) is 0 Å². The van der Waals surface area contributed by atoms with Gasteiger partial charge in [-0.15, -0.1) is 5.10 Å². The average Bonchev–Trinajstić information content (AvgIpc) is 2.70. The molecule has 0 radical (unpaired) electrons. The second kappa shape index (κ2) is 3.30. The highest BCUT2D eigenvalue weighted by atomic mass is 16.5. The van der Waals surface area contributed by atoms with E-state index in [1.54, 1.807) is 6.07 Å². The minimum Gasteiger partial charge on any atom is -0.337 e. The molecule has 14 heavy (non-hydrogen) atoms. The zero-order valence-electron chi connectivity index (χ0n) is 7.56. The third-order valence-corrected chi connectivity index (χ3v) is 1.92. The lowest BCUT2D eigenvalue weighted by molar-refractivity contribution is 0.403. The summed E-state index contributed by atoms with van der Waals surface area (Å²) in [4.78, 5) is 0. The second-order valence-electron chi connectivity index (χ2n) is 2.94. The second-order valence-corrected chi connectivity index (χ2v) is 2.94. The maximum Gasteiger partial charge on any atom is 0.188 e. The van der Waals surface area contributed by atoms with Crippen LogP contribution in [-0.2, 0) is 0 Å². The summed E-state index contributed by atoms with van der Waals surface area (Å²) in [6.45, 7) is 1.95. The molecule has 1 heterocycles. The van der Waals surface area contributed by atoms with E-state index in [0.29, 0.717) is 11.3 Å². The molecule has 0 saturated heterocycles. The van der Waals surface area contributed by atoms with Gasteiger partial charge in [0.05, 0.1) is 17.8 Å². The predicted octanol–water partition coefficient (Wildman–Crippen LogP) is 1.92. The molecule has 0 atom stereocenters. The van der Waals surface area contributed by atoms with Crippen molar-refractivity contribution in [3.8, 4) is 17.4 Å². The molecule has 1 aromatic heterocycles. The number of rotatable bonds is 1. The fraction of sp³-hybridized carbons (Fsp3) is 0.100. The summed E-state index contributed by atoms with van der Waals surface area (Å²) in [5, 5.41) is 15.8. The van der Waals surface area contributed by atoms with Crippen molar-refractivity contribution in [3.05, 3.63) is 35.5 Å². The number of benzene rings is 1. The first-order chi connectivity index (χ1) is 6.81. The largest absolute Gasteiger partial charge is 0.337 e. The van der Waals surface area contributed by atoms with Crippen molar-refractivity contribution >= 4 is 0 Å². The smallest absolute Gasteiger partial charge is 0.188 e. The Morgan fingerprint density at radius 1 is 1.43 bits per heavy atom. The molecule has 1 aromatic carbocycles. The van der Waals surface area contributed by atoms with E-state index in [-0.39, 0.29) is 0 Å². The van der Waals surface area contributed by atoms with Crippen LogP contribution in [0.5, 0.6) is 0 Å². The summed E-state index contributed by atoms with van der Waals surface area (Å²) in [5.41, 5.74) is 2.36. The van der Waals surface area contributed by atoms with Crippen LogP contribution in [0.15, 0.2) is 28.9 Å². The van der Waals surface area contributed by atoms with Gasteiger partial charge in [0.25, 0.3) is 0 Å². The molecule has 0 bridgehead atoms. The highest BCUT2D eigenvalue weighted by Gasteiger charge is 2.08. The number of nitriles is 1. The van der Waals surface area contributed by atoms with E-state index in [1.165, 1.54) is 6.20 Å². The van der Waals surface area contributed by atoms with Gasteiger partial charge in [-0.05, 0) is 19.1 Å². The van der Waals surface area contributed by atoms with Crippen molar-refractivity contribution in [1.82, 2.24) is 10.4 Å². The third-order valence-electron chi connectivity index (χ3n) is 1.92. The molecule has 0 amide bonds. The Morgan fingerprint density at radius 3 is 2.93 bits per heavy atom. The van der Waals surface area contributed by atoms with Crippen molar-refractivity contribution in [1.29, 1.82) is 5.26 Å². The van der Waals surface area contributed by atoms with E-state index in [4.69, 9.17) is 9.78 Å². The fourth-order valence-corrected chi connectivity index (χ4v) is 1.25. The zero-order chi connectivity index (χ0) is 9.97. The van der Waals surface area contributed by atoms with Crippen LogP contribution in [0.25, 0.3) is 11.3 Å². The normalized spacial score (nSPS) is 9.71. The van der Waals surface area contributed by atoms with E-state index in [0.717, 1.165) is 11.1 Å². The topological polar surface area (TPSA) is 62.7 Å². The molecule has 4 nitrogen and oxygen atoms in total. The quantitative estimate of drug-likeness (QED) is 0.680. The van der Waals surface area contributed by atoms with Crippen LogP contribution in [-0.4, -0.2) is 10.4 Å². The van der Waals surface area contributed by atoms with Crippen molar-refractivity contribution in [2.24, 2.45) is 0 Å².